The van der Waals surface area contributed by atoms with Gasteiger partial charge in [0.25, 0.3) is 5.91 Å². The zero-order valence-corrected chi connectivity index (χ0v) is 15.5. The van der Waals surface area contributed by atoms with Crippen molar-refractivity contribution in [2.75, 3.05) is 13.1 Å². The van der Waals surface area contributed by atoms with Crippen LogP contribution in [-0.4, -0.2) is 35.1 Å². The van der Waals surface area contributed by atoms with Crippen molar-refractivity contribution in [2.24, 2.45) is 5.92 Å². The number of aryl methyl sites for hydroxylation is 2. The number of likely N-dealkylation sites (tertiary alicyclic amines) is 1. The van der Waals surface area contributed by atoms with Crippen LogP contribution in [0, 0.1) is 24.5 Å². The number of nitrogens with zero attached hydrogens (tertiary/aromatic N) is 1. The summed E-state index contributed by atoms with van der Waals surface area (Å²) >= 11 is 0. The van der Waals surface area contributed by atoms with Gasteiger partial charge in [-0.25, -0.2) is 8.78 Å². The van der Waals surface area contributed by atoms with Gasteiger partial charge < -0.3 is 10.0 Å². The average Bonchev–Trinajstić information content (AvgIpc) is 2.70. The average molecular weight is 373 g/mol. The van der Waals surface area contributed by atoms with Crippen LogP contribution in [-0.2, 0) is 6.42 Å². The van der Waals surface area contributed by atoms with E-state index < -0.39 is 29.2 Å². The van der Waals surface area contributed by atoms with Crippen molar-refractivity contribution >= 4 is 5.91 Å². The van der Waals surface area contributed by atoms with Crippen LogP contribution in [0.3, 0.4) is 0 Å². The number of aliphatic hydroxyl groups excluding tert-OH is 1. The van der Waals surface area contributed by atoms with E-state index in [0.717, 1.165) is 12.5 Å². The molecule has 5 heteroatoms. The lowest BCUT2D eigenvalue weighted by atomic mass is 9.88. The van der Waals surface area contributed by atoms with Gasteiger partial charge in [0.15, 0.2) is 0 Å². The van der Waals surface area contributed by atoms with E-state index in [1.54, 1.807) is 0 Å². The summed E-state index contributed by atoms with van der Waals surface area (Å²) in [6.45, 7) is 2.32. The third-order valence-electron chi connectivity index (χ3n) is 5.44. The highest BCUT2D eigenvalue weighted by molar-refractivity contribution is 5.95. The lowest BCUT2D eigenvalue weighted by molar-refractivity contribution is 0.0431. The molecule has 3 nitrogen and oxygen atoms in total. The highest BCUT2D eigenvalue weighted by atomic mass is 19.1. The SMILES string of the molecule is Cc1ccc(F)c(C(=O)N2CCC(C(O)CCc3ccccc3)CC2)c1F. The van der Waals surface area contributed by atoms with E-state index in [1.165, 1.54) is 23.5 Å². The van der Waals surface area contributed by atoms with Crippen LogP contribution in [0.5, 0.6) is 0 Å². The Morgan fingerprint density at radius 1 is 1.15 bits per heavy atom. The molecule has 0 aromatic heterocycles. The molecule has 1 heterocycles. The molecule has 1 fully saturated rings. The van der Waals surface area contributed by atoms with E-state index >= 15 is 0 Å². The van der Waals surface area contributed by atoms with Crippen molar-refractivity contribution in [3.63, 3.8) is 0 Å². The zero-order chi connectivity index (χ0) is 19.4. The van der Waals surface area contributed by atoms with Gasteiger partial charge in [0.05, 0.1) is 6.10 Å². The minimum absolute atomic E-state index is 0.102. The summed E-state index contributed by atoms with van der Waals surface area (Å²) < 4.78 is 28.2. The monoisotopic (exact) mass is 373 g/mol. The molecule has 1 atom stereocenters. The van der Waals surface area contributed by atoms with Crippen LogP contribution in [0.1, 0.15) is 40.7 Å². The van der Waals surface area contributed by atoms with Crippen molar-refractivity contribution in [3.8, 4) is 0 Å². The maximum Gasteiger partial charge on any atom is 0.259 e. The van der Waals surface area contributed by atoms with Crippen molar-refractivity contribution in [3.05, 3.63) is 70.8 Å². The number of benzene rings is 2. The summed E-state index contributed by atoms with van der Waals surface area (Å²) in [7, 11) is 0. The molecule has 2 aromatic rings. The standard InChI is InChI=1S/C22H25F2NO2/c1-15-7-9-18(23)20(21(15)24)22(27)25-13-11-17(12-14-25)19(26)10-8-16-5-3-2-4-6-16/h2-7,9,17,19,26H,8,10-14H2,1H3. The molecule has 0 saturated carbocycles. The largest absolute Gasteiger partial charge is 0.393 e. The second-order valence-electron chi connectivity index (χ2n) is 7.27. The summed E-state index contributed by atoms with van der Waals surface area (Å²) in [6.07, 6.45) is 2.31. The predicted molar refractivity (Wildman–Crippen MR) is 100 cm³/mol. The summed E-state index contributed by atoms with van der Waals surface area (Å²) in [5, 5.41) is 10.5. The number of hydrogen-bond donors (Lipinski definition) is 1. The topological polar surface area (TPSA) is 40.5 Å². The van der Waals surface area contributed by atoms with Crippen LogP contribution in [0.25, 0.3) is 0 Å². The molecular formula is C22H25F2NO2. The Bertz CT molecular complexity index is 786. The molecule has 0 radical (unpaired) electrons. The van der Waals surface area contributed by atoms with E-state index in [0.29, 0.717) is 32.4 Å². The summed E-state index contributed by atoms with van der Waals surface area (Å²) in [4.78, 5) is 14.1. The molecule has 1 amide bonds. The fourth-order valence-corrected chi connectivity index (χ4v) is 3.69. The van der Waals surface area contributed by atoms with Crippen LogP contribution < -0.4 is 0 Å². The Kier molecular flexibility index (Phi) is 6.22. The Hall–Kier alpha value is -2.27. The quantitative estimate of drug-likeness (QED) is 0.857. The smallest absolute Gasteiger partial charge is 0.259 e. The fourth-order valence-electron chi connectivity index (χ4n) is 3.69. The molecule has 1 N–H and O–H groups in total. The Morgan fingerprint density at radius 2 is 1.81 bits per heavy atom. The maximum absolute atomic E-state index is 14.2. The van der Waals surface area contributed by atoms with Crippen LogP contribution in [0.4, 0.5) is 8.78 Å². The molecule has 1 aliphatic heterocycles. The fraction of sp³-hybridized carbons (Fsp3) is 0.409. The highest BCUT2D eigenvalue weighted by Gasteiger charge is 2.30. The van der Waals surface area contributed by atoms with Crippen LogP contribution >= 0.6 is 0 Å². The van der Waals surface area contributed by atoms with Gasteiger partial charge >= 0.3 is 0 Å². The van der Waals surface area contributed by atoms with Gasteiger partial charge in [-0.2, -0.15) is 0 Å². The number of amides is 1. The Morgan fingerprint density at radius 3 is 2.48 bits per heavy atom. The molecule has 3 rings (SSSR count). The van der Waals surface area contributed by atoms with Gasteiger partial charge in [-0.3, -0.25) is 4.79 Å². The molecule has 2 aromatic carbocycles. The molecule has 144 valence electrons. The third-order valence-corrected chi connectivity index (χ3v) is 5.44. The van der Waals surface area contributed by atoms with Gasteiger partial charge in [-0.05, 0) is 55.7 Å². The van der Waals surface area contributed by atoms with E-state index in [1.807, 2.05) is 30.3 Å². The minimum atomic E-state index is -0.826. The van der Waals surface area contributed by atoms with Crippen molar-refractivity contribution in [1.29, 1.82) is 0 Å². The predicted octanol–water partition coefficient (Wildman–Crippen LogP) is 4.12. The van der Waals surface area contributed by atoms with Gasteiger partial charge in [-0.1, -0.05) is 36.4 Å². The first-order chi connectivity index (χ1) is 13.0. The van der Waals surface area contributed by atoms with E-state index in [4.69, 9.17) is 0 Å². The highest BCUT2D eigenvalue weighted by Crippen LogP contribution is 2.26. The lowest BCUT2D eigenvalue weighted by Crippen LogP contribution is -2.42. The second kappa shape index (κ2) is 8.61. The van der Waals surface area contributed by atoms with E-state index in [-0.39, 0.29) is 11.5 Å². The molecule has 1 aliphatic rings. The van der Waals surface area contributed by atoms with Crippen LogP contribution in [0.15, 0.2) is 42.5 Å². The first kappa shape index (κ1) is 19.5. The van der Waals surface area contributed by atoms with Crippen molar-refractivity contribution in [2.45, 2.75) is 38.7 Å². The summed E-state index contributed by atoms with van der Waals surface area (Å²) in [6, 6.07) is 12.5. The van der Waals surface area contributed by atoms with Gasteiger partial charge in [-0.15, -0.1) is 0 Å². The van der Waals surface area contributed by atoms with Crippen LogP contribution in [0.2, 0.25) is 0 Å². The number of hydrogen-bond acceptors (Lipinski definition) is 2. The van der Waals surface area contributed by atoms with Gasteiger partial charge in [0.1, 0.15) is 17.2 Å². The summed E-state index contributed by atoms with van der Waals surface area (Å²) in [5.41, 5.74) is 0.971. The maximum atomic E-state index is 14.2. The molecular weight excluding hydrogens is 348 g/mol. The lowest BCUT2D eigenvalue weighted by Gasteiger charge is -2.34. The number of rotatable bonds is 5. The molecule has 1 unspecified atom stereocenters. The van der Waals surface area contributed by atoms with Gasteiger partial charge in [0.2, 0.25) is 0 Å². The number of carbonyl (C=O) groups excluding carboxylic acids is 1. The summed E-state index contributed by atoms with van der Waals surface area (Å²) in [5.74, 6) is -2.12. The molecule has 27 heavy (non-hydrogen) atoms. The molecule has 0 spiro atoms. The third kappa shape index (κ3) is 4.53. The van der Waals surface area contributed by atoms with Gasteiger partial charge in [0, 0.05) is 13.1 Å². The minimum Gasteiger partial charge on any atom is -0.393 e. The Labute approximate surface area is 158 Å². The van der Waals surface area contributed by atoms with Crippen molar-refractivity contribution in [1.82, 2.24) is 4.90 Å². The number of aliphatic hydroxyl groups is 1. The molecule has 0 bridgehead atoms. The second-order valence-corrected chi connectivity index (χ2v) is 7.27. The molecule has 0 aliphatic carbocycles. The van der Waals surface area contributed by atoms with E-state index in [2.05, 4.69) is 0 Å². The first-order valence-electron chi connectivity index (χ1n) is 9.43. The number of piperidine rings is 1. The van der Waals surface area contributed by atoms with Crippen molar-refractivity contribution < 1.29 is 18.7 Å². The normalized spacial score (nSPS) is 16.4. The zero-order valence-electron chi connectivity index (χ0n) is 15.5. The molecule has 1 saturated heterocycles. The number of carbonyl (C=O) groups is 1. The van der Waals surface area contributed by atoms with E-state index in [9.17, 15) is 18.7 Å². The number of halogens is 2. The first-order valence-corrected chi connectivity index (χ1v) is 9.43. The Balaban J connectivity index is 1.55.